The number of aromatic nitrogens is 1. The summed E-state index contributed by atoms with van der Waals surface area (Å²) in [4.78, 5) is 24.8. The van der Waals surface area contributed by atoms with Crippen LogP contribution in [0.3, 0.4) is 0 Å². The molecule has 0 aliphatic heterocycles. The smallest absolute Gasteiger partial charge is 0.305 e. The van der Waals surface area contributed by atoms with Crippen LogP contribution in [0.25, 0.3) is 10.2 Å². The van der Waals surface area contributed by atoms with Crippen LogP contribution >= 0.6 is 11.3 Å². The first kappa shape index (κ1) is 9.98. The molecule has 0 unspecified atom stereocenters. The molecule has 1 aromatic heterocycles. The van der Waals surface area contributed by atoms with Crippen molar-refractivity contribution < 1.29 is 9.90 Å². The van der Waals surface area contributed by atoms with Crippen molar-refractivity contribution in [2.45, 2.75) is 6.32 Å². The highest BCUT2D eigenvalue weighted by Gasteiger charge is 2.12. The largest absolute Gasteiger partial charge is 0.508 e. The van der Waals surface area contributed by atoms with Crippen molar-refractivity contribution in [3.8, 4) is 5.75 Å². The molecule has 0 spiro atoms. The van der Waals surface area contributed by atoms with Crippen molar-refractivity contribution in [2.75, 3.05) is 0 Å². The van der Waals surface area contributed by atoms with E-state index in [9.17, 15) is 14.7 Å². The molecule has 1 aromatic carbocycles. The Kier molecular flexibility index (Phi) is 2.36. The van der Waals surface area contributed by atoms with Crippen molar-refractivity contribution >= 4 is 35.2 Å². The quantitative estimate of drug-likeness (QED) is 0.586. The number of benzene rings is 1. The van der Waals surface area contributed by atoms with E-state index in [1.54, 1.807) is 0 Å². The number of phenolic OH excluding ortho intramolecular Hbond substituents is 1. The third-order valence-electron chi connectivity index (χ3n) is 1.99. The van der Waals surface area contributed by atoms with Crippen LogP contribution in [0.5, 0.6) is 5.75 Å². The summed E-state index contributed by atoms with van der Waals surface area (Å²) in [5, 5.41) is 9.35. The molecule has 1 heterocycles. The second-order valence-corrected chi connectivity index (χ2v) is 3.99. The number of carbonyl (C=O) groups excluding carboxylic acids is 1. The molecule has 74 valence electrons. The van der Waals surface area contributed by atoms with Crippen molar-refractivity contribution in [1.29, 1.82) is 0 Å². The average Bonchev–Trinajstić information content (AvgIpc) is 2.55. The van der Waals surface area contributed by atoms with Gasteiger partial charge in [-0.25, -0.2) is 0 Å². The van der Waals surface area contributed by atoms with Crippen molar-refractivity contribution in [3.63, 3.8) is 0 Å². The molecule has 2 radical (unpaired) electrons. The first-order valence-electron chi connectivity index (χ1n) is 4.21. The Labute approximate surface area is 90.0 Å². The fraction of sp³-hybridized carbons (Fsp3) is 0.111. The van der Waals surface area contributed by atoms with E-state index in [1.165, 1.54) is 12.1 Å². The number of aromatic hydroxyl groups is 1. The third kappa shape index (κ3) is 1.68. The maximum Gasteiger partial charge on any atom is 0.305 e. The number of thiazole rings is 1. The number of carbonyl (C=O) groups is 1. The number of H-pyrrole nitrogens is 1. The zero-order chi connectivity index (χ0) is 11.0. The van der Waals surface area contributed by atoms with Gasteiger partial charge in [0, 0.05) is 11.6 Å². The Bertz CT molecular complexity index is 587. The number of hydrogen-bond acceptors (Lipinski definition) is 4. The zero-order valence-corrected chi connectivity index (χ0v) is 8.43. The molecule has 0 aliphatic carbocycles. The molecule has 0 fully saturated rings. The molecular weight excluding hydrogens is 213 g/mol. The maximum absolute atomic E-state index is 11.4. The first-order chi connectivity index (χ1) is 7.11. The molecule has 6 heteroatoms. The van der Waals surface area contributed by atoms with Crippen molar-refractivity contribution in [2.24, 2.45) is 0 Å². The topological polar surface area (TPSA) is 70.2 Å². The van der Waals surface area contributed by atoms with Gasteiger partial charge < -0.3 is 10.1 Å². The van der Waals surface area contributed by atoms with Gasteiger partial charge in [-0.15, -0.1) is 0 Å². The average molecular weight is 219 g/mol. The van der Waals surface area contributed by atoms with Gasteiger partial charge in [-0.3, -0.25) is 9.59 Å². The van der Waals surface area contributed by atoms with Crippen LogP contribution in [-0.4, -0.2) is 23.7 Å². The molecule has 15 heavy (non-hydrogen) atoms. The van der Waals surface area contributed by atoms with E-state index in [2.05, 4.69) is 4.98 Å². The Morgan fingerprint density at radius 2 is 2.27 bits per heavy atom. The number of fused-ring (bicyclic) bond motifs is 1. The summed E-state index contributed by atoms with van der Waals surface area (Å²) in [7, 11) is 5.24. The summed E-state index contributed by atoms with van der Waals surface area (Å²) in [6, 6.07) is 2.72. The highest BCUT2D eigenvalue weighted by atomic mass is 32.1. The number of ketones is 1. The zero-order valence-electron chi connectivity index (χ0n) is 7.61. The van der Waals surface area contributed by atoms with Crippen molar-refractivity contribution in [1.82, 2.24) is 4.98 Å². The van der Waals surface area contributed by atoms with E-state index in [-0.39, 0.29) is 28.3 Å². The highest BCUT2D eigenvalue weighted by molar-refractivity contribution is 7.16. The molecule has 0 saturated heterocycles. The molecule has 2 rings (SSSR count). The van der Waals surface area contributed by atoms with Crippen LogP contribution in [0.15, 0.2) is 16.9 Å². The summed E-state index contributed by atoms with van der Waals surface area (Å²) < 4.78 is 0.535. The van der Waals surface area contributed by atoms with Gasteiger partial charge in [-0.2, -0.15) is 0 Å². The first-order valence-corrected chi connectivity index (χ1v) is 5.02. The van der Waals surface area contributed by atoms with E-state index in [0.717, 1.165) is 11.3 Å². The van der Waals surface area contributed by atoms with Gasteiger partial charge in [0.05, 0.1) is 18.1 Å². The summed E-state index contributed by atoms with van der Waals surface area (Å²) in [6.07, 6.45) is -0.148. The molecule has 0 aliphatic rings. The normalized spacial score (nSPS) is 10.7. The fourth-order valence-electron chi connectivity index (χ4n) is 1.36. The molecule has 4 nitrogen and oxygen atoms in total. The number of phenols is 1. The van der Waals surface area contributed by atoms with Crippen LogP contribution in [0.2, 0.25) is 6.32 Å². The lowest BCUT2D eigenvalue weighted by Gasteiger charge is -2.00. The van der Waals surface area contributed by atoms with Gasteiger partial charge >= 0.3 is 4.87 Å². The predicted octanol–water partition coefficient (Wildman–Crippen LogP) is 1.06. The number of rotatable bonds is 2. The summed E-state index contributed by atoms with van der Waals surface area (Å²) >= 11 is 0.933. The molecule has 0 amide bonds. The molecule has 0 bridgehead atoms. The second kappa shape index (κ2) is 3.54. The van der Waals surface area contributed by atoms with Gasteiger partial charge in [0.25, 0.3) is 0 Å². The molecule has 2 aromatic rings. The number of nitrogens with one attached hydrogen (secondary N) is 1. The SMILES string of the molecule is [B]CC(=O)c1cc(O)cc2[nH]c(=O)sc12. The number of aromatic amines is 1. The lowest BCUT2D eigenvalue weighted by molar-refractivity contribution is 0.101. The summed E-state index contributed by atoms with van der Waals surface area (Å²) in [5.41, 5.74) is 0.748. The van der Waals surface area contributed by atoms with E-state index in [0.29, 0.717) is 10.2 Å². The maximum atomic E-state index is 11.4. The molecule has 0 atom stereocenters. The number of hydrogen-bond donors (Lipinski definition) is 2. The van der Waals surface area contributed by atoms with Crippen LogP contribution < -0.4 is 4.87 Å². The Morgan fingerprint density at radius 3 is 2.93 bits per heavy atom. The van der Waals surface area contributed by atoms with Crippen molar-refractivity contribution in [3.05, 3.63) is 27.4 Å². The van der Waals surface area contributed by atoms with Gasteiger partial charge in [0.15, 0.2) is 5.78 Å². The Balaban J connectivity index is 2.81. The van der Waals surface area contributed by atoms with Crippen LogP contribution in [-0.2, 0) is 0 Å². The van der Waals surface area contributed by atoms with E-state index in [1.807, 2.05) is 0 Å². The van der Waals surface area contributed by atoms with Gasteiger partial charge in [0.2, 0.25) is 0 Å². The van der Waals surface area contributed by atoms with E-state index >= 15 is 0 Å². The Morgan fingerprint density at radius 1 is 1.53 bits per heavy atom. The van der Waals surface area contributed by atoms with Crippen LogP contribution in [0.1, 0.15) is 10.4 Å². The third-order valence-corrected chi connectivity index (χ3v) is 2.92. The standard InChI is InChI=1S/C9H6BNO3S/c10-3-7(13)5-1-4(12)2-6-8(5)15-9(14)11-6/h1-2,12H,3H2,(H,11,14). The van der Waals surface area contributed by atoms with E-state index in [4.69, 9.17) is 7.85 Å². The minimum Gasteiger partial charge on any atom is -0.508 e. The fourth-order valence-corrected chi connectivity index (χ4v) is 2.21. The lowest BCUT2D eigenvalue weighted by atomic mass is 9.95. The number of Topliss-reactive ketones (excluding diaryl/α,β-unsaturated/α-hetero) is 1. The molecule has 0 saturated carbocycles. The van der Waals surface area contributed by atoms with Gasteiger partial charge in [-0.05, 0) is 12.4 Å². The molecular formula is C9H6BNO3S. The predicted molar refractivity (Wildman–Crippen MR) is 59.0 cm³/mol. The monoisotopic (exact) mass is 219 g/mol. The van der Waals surface area contributed by atoms with E-state index < -0.39 is 0 Å². The summed E-state index contributed by atoms with van der Waals surface area (Å²) in [5.74, 6) is -0.362. The minimum absolute atomic E-state index is 0.0617. The minimum atomic E-state index is -0.300. The highest BCUT2D eigenvalue weighted by Crippen LogP contribution is 2.26. The van der Waals surface area contributed by atoms with Crippen LogP contribution in [0.4, 0.5) is 0 Å². The second-order valence-electron chi connectivity index (χ2n) is 3.01. The Hall–Kier alpha value is -1.56. The van der Waals surface area contributed by atoms with Gasteiger partial charge in [0.1, 0.15) is 5.75 Å². The van der Waals surface area contributed by atoms with Crippen LogP contribution in [0, 0.1) is 0 Å². The summed E-state index contributed by atoms with van der Waals surface area (Å²) in [6.45, 7) is 0. The van der Waals surface area contributed by atoms with Gasteiger partial charge in [-0.1, -0.05) is 11.3 Å². The molecule has 2 N–H and O–H groups in total. The lowest BCUT2D eigenvalue weighted by Crippen LogP contribution is -1.97.